The van der Waals surface area contributed by atoms with Gasteiger partial charge in [-0.15, -0.1) is 12.4 Å². The monoisotopic (exact) mass is 489 g/mol. The number of aromatic nitrogens is 1. The zero-order valence-electron chi connectivity index (χ0n) is 16.9. The van der Waals surface area contributed by atoms with Gasteiger partial charge in [-0.1, -0.05) is 29.5 Å². The number of nitrogens with zero attached hydrogens (tertiary/aromatic N) is 3. The maximum Gasteiger partial charge on any atom is 0.244 e. The highest BCUT2D eigenvalue weighted by molar-refractivity contribution is 7.92. The molecule has 0 atom stereocenters. The van der Waals surface area contributed by atoms with Gasteiger partial charge in [0.25, 0.3) is 0 Å². The van der Waals surface area contributed by atoms with Gasteiger partial charge < -0.3 is 4.90 Å². The summed E-state index contributed by atoms with van der Waals surface area (Å²) in [7, 11) is -0.104. The zero-order valence-corrected chi connectivity index (χ0v) is 19.4. The minimum atomic E-state index is -3.86. The molecule has 0 saturated carbocycles. The fourth-order valence-electron chi connectivity index (χ4n) is 2.88. The Kier molecular flexibility index (Phi) is 8.47. The van der Waals surface area contributed by atoms with Crippen LogP contribution in [0, 0.1) is 11.6 Å². The van der Waals surface area contributed by atoms with E-state index in [1.54, 1.807) is 18.2 Å². The summed E-state index contributed by atoms with van der Waals surface area (Å²) in [6.45, 7) is 0.856. The number of benzene rings is 2. The standard InChI is InChI=1S/C20H21F2N3O3S2.ClH/c1-24(2)9-6-10-25(18(26)13-30(27,28)15-7-4-3-5-8-15)20-23-19-16(22)11-14(21)12-17(19)29-20;/h3-5,7-8,11-12H,6,9-10,13H2,1-2H3;1H. The molecule has 0 unspecified atom stereocenters. The fourth-order valence-corrected chi connectivity index (χ4v) is 5.15. The third-order valence-electron chi connectivity index (χ3n) is 4.34. The van der Waals surface area contributed by atoms with Crippen molar-refractivity contribution in [3.05, 3.63) is 54.1 Å². The number of hydrogen-bond acceptors (Lipinski definition) is 6. The van der Waals surface area contributed by atoms with Crippen LogP contribution >= 0.6 is 23.7 Å². The number of fused-ring (bicyclic) bond motifs is 1. The van der Waals surface area contributed by atoms with Crippen molar-refractivity contribution in [2.24, 2.45) is 0 Å². The number of amides is 1. The molecular weight excluding hydrogens is 468 g/mol. The fraction of sp³-hybridized carbons (Fsp3) is 0.300. The van der Waals surface area contributed by atoms with E-state index in [2.05, 4.69) is 4.98 Å². The number of carbonyl (C=O) groups excluding carboxylic acids is 1. The summed E-state index contributed by atoms with van der Waals surface area (Å²) in [4.78, 5) is 20.3. The molecule has 11 heteroatoms. The first-order chi connectivity index (χ1) is 14.2. The molecule has 1 amide bonds. The van der Waals surface area contributed by atoms with Gasteiger partial charge in [-0.05, 0) is 45.3 Å². The lowest BCUT2D eigenvalue weighted by Gasteiger charge is -2.21. The van der Waals surface area contributed by atoms with E-state index in [0.29, 0.717) is 13.0 Å². The molecule has 0 radical (unpaired) electrons. The van der Waals surface area contributed by atoms with E-state index >= 15 is 0 Å². The van der Waals surface area contributed by atoms with Gasteiger partial charge in [0.05, 0.1) is 9.60 Å². The summed E-state index contributed by atoms with van der Waals surface area (Å²) in [6, 6.07) is 9.56. The summed E-state index contributed by atoms with van der Waals surface area (Å²) in [6.07, 6.45) is 0.552. The SMILES string of the molecule is CN(C)CCCN(C(=O)CS(=O)(=O)c1ccccc1)c1nc2c(F)cc(F)cc2s1.Cl. The van der Waals surface area contributed by atoms with Gasteiger partial charge in [0, 0.05) is 12.6 Å². The predicted octanol–water partition coefficient (Wildman–Crippen LogP) is 3.75. The second kappa shape index (κ2) is 10.4. The molecule has 3 aromatic rings. The highest BCUT2D eigenvalue weighted by atomic mass is 35.5. The number of hydrogen-bond donors (Lipinski definition) is 0. The summed E-state index contributed by atoms with van der Waals surface area (Å²) in [5, 5.41) is 0.140. The van der Waals surface area contributed by atoms with Gasteiger partial charge in [-0.25, -0.2) is 22.2 Å². The van der Waals surface area contributed by atoms with Gasteiger partial charge in [0.15, 0.2) is 20.8 Å². The molecule has 2 aromatic carbocycles. The summed E-state index contributed by atoms with van der Waals surface area (Å²) in [5.74, 6) is -2.99. The lowest BCUT2D eigenvalue weighted by atomic mass is 10.3. The largest absolute Gasteiger partial charge is 0.309 e. The highest BCUT2D eigenvalue weighted by Gasteiger charge is 2.27. The van der Waals surface area contributed by atoms with Crippen molar-refractivity contribution >= 4 is 54.8 Å². The Hall–Kier alpha value is -2.14. The van der Waals surface area contributed by atoms with Gasteiger partial charge in [-0.3, -0.25) is 9.69 Å². The van der Waals surface area contributed by atoms with Crippen LogP contribution in [-0.2, 0) is 14.6 Å². The quantitative estimate of drug-likeness (QED) is 0.482. The van der Waals surface area contributed by atoms with Gasteiger partial charge >= 0.3 is 0 Å². The maximum absolute atomic E-state index is 14.1. The van der Waals surface area contributed by atoms with E-state index in [9.17, 15) is 22.0 Å². The summed E-state index contributed by atoms with van der Waals surface area (Å²) < 4.78 is 53.2. The van der Waals surface area contributed by atoms with E-state index in [4.69, 9.17) is 0 Å². The van der Waals surface area contributed by atoms with Crippen LogP contribution in [0.25, 0.3) is 10.2 Å². The Bertz CT molecular complexity index is 1160. The molecule has 0 spiro atoms. The number of carbonyl (C=O) groups is 1. The van der Waals surface area contributed by atoms with Crippen molar-refractivity contribution in [2.75, 3.05) is 37.8 Å². The second-order valence-electron chi connectivity index (χ2n) is 7.01. The van der Waals surface area contributed by atoms with Crippen LogP contribution in [0.3, 0.4) is 0 Å². The molecule has 0 bridgehead atoms. The van der Waals surface area contributed by atoms with Crippen molar-refractivity contribution in [3.63, 3.8) is 0 Å². The Morgan fingerprint density at radius 2 is 1.77 bits per heavy atom. The average molecular weight is 490 g/mol. The topological polar surface area (TPSA) is 70.6 Å². The van der Waals surface area contributed by atoms with E-state index in [1.807, 2.05) is 19.0 Å². The molecule has 0 aliphatic heterocycles. The highest BCUT2D eigenvalue weighted by Crippen LogP contribution is 2.31. The van der Waals surface area contributed by atoms with Gasteiger partial charge in [0.2, 0.25) is 5.91 Å². The molecule has 0 fully saturated rings. The van der Waals surface area contributed by atoms with E-state index in [1.165, 1.54) is 17.0 Å². The lowest BCUT2D eigenvalue weighted by Crippen LogP contribution is -2.37. The van der Waals surface area contributed by atoms with Crippen molar-refractivity contribution in [1.29, 1.82) is 0 Å². The smallest absolute Gasteiger partial charge is 0.244 e. The molecule has 31 heavy (non-hydrogen) atoms. The molecule has 168 valence electrons. The maximum atomic E-state index is 14.1. The first kappa shape index (κ1) is 25.1. The molecular formula is C20H22ClF2N3O3S2. The average Bonchev–Trinajstić information content (AvgIpc) is 3.09. The summed E-state index contributed by atoms with van der Waals surface area (Å²) >= 11 is 0.948. The van der Waals surface area contributed by atoms with Crippen LogP contribution in [0.15, 0.2) is 47.4 Å². The zero-order chi connectivity index (χ0) is 21.9. The predicted molar refractivity (Wildman–Crippen MR) is 121 cm³/mol. The van der Waals surface area contributed by atoms with Crippen LogP contribution < -0.4 is 4.90 Å². The molecule has 6 nitrogen and oxygen atoms in total. The van der Waals surface area contributed by atoms with E-state index in [0.717, 1.165) is 23.5 Å². The Morgan fingerprint density at radius 3 is 2.42 bits per heavy atom. The van der Waals surface area contributed by atoms with Crippen LogP contribution in [0.4, 0.5) is 13.9 Å². The summed E-state index contributed by atoms with van der Waals surface area (Å²) in [5.41, 5.74) is -0.0484. The van der Waals surface area contributed by atoms with Crippen LogP contribution in [0.1, 0.15) is 6.42 Å². The number of halogens is 3. The van der Waals surface area contributed by atoms with E-state index in [-0.39, 0.29) is 39.2 Å². The van der Waals surface area contributed by atoms with Crippen LogP contribution in [-0.4, -0.2) is 57.1 Å². The lowest BCUT2D eigenvalue weighted by molar-refractivity contribution is -0.116. The first-order valence-corrected chi connectivity index (χ1v) is 11.6. The van der Waals surface area contributed by atoms with Crippen molar-refractivity contribution in [3.8, 4) is 0 Å². The van der Waals surface area contributed by atoms with Gasteiger partial charge in [-0.2, -0.15) is 0 Å². The minimum Gasteiger partial charge on any atom is -0.309 e. The Labute approximate surface area is 189 Å². The molecule has 0 aliphatic rings. The van der Waals surface area contributed by atoms with Crippen LogP contribution in [0.2, 0.25) is 0 Å². The number of thiazole rings is 1. The molecule has 0 saturated heterocycles. The Balaban J connectivity index is 0.00000341. The van der Waals surface area contributed by atoms with Gasteiger partial charge in [0.1, 0.15) is 17.1 Å². The van der Waals surface area contributed by atoms with Crippen molar-refractivity contribution < 1.29 is 22.0 Å². The molecule has 0 N–H and O–H groups in total. The minimum absolute atomic E-state index is 0. The Morgan fingerprint density at radius 1 is 1.10 bits per heavy atom. The number of sulfone groups is 1. The van der Waals surface area contributed by atoms with Crippen molar-refractivity contribution in [1.82, 2.24) is 9.88 Å². The number of anilines is 1. The first-order valence-electron chi connectivity index (χ1n) is 9.16. The van der Waals surface area contributed by atoms with E-state index < -0.39 is 33.1 Å². The van der Waals surface area contributed by atoms with Crippen LogP contribution in [0.5, 0.6) is 0 Å². The molecule has 0 aliphatic carbocycles. The molecule has 1 heterocycles. The van der Waals surface area contributed by atoms with Crippen molar-refractivity contribution in [2.45, 2.75) is 11.3 Å². The normalized spacial score (nSPS) is 11.5. The molecule has 1 aromatic heterocycles. The third-order valence-corrected chi connectivity index (χ3v) is 6.98. The molecule has 3 rings (SSSR count). The third kappa shape index (κ3) is 6.19. The second-order valence-corrected chi connectivity index (χ2v) is 10.0. The number of rotatable bonds is 8.